The number of rotatable bonds is 8. The van der Waals surface area contributed by atoms with Crippen molar-refractivity contribution in [2.75, 3.05) is 29.9 Å². The van der Waals surface area contributed by atoms with Crippen molar-refractivity contribution < 1.29 is 4.74 Å². The number of hydrogen-bond donors (Lipinski definition) is 1. The van der Waals surface area contributed by atoms with Crippen molar-refractivity contribution in [3.63, 3.8) is 0 Å². The van der Waals surface area contributed by atoms with Crippen molar-refractivity contribution in [1.82, 2.24) is 15.0 Å². The number of aromatic nitrogens is 3. The second kappa shape index (κ2) is 6.54. The van der Waals surface area contributed by atoms with E-state index in [9.17, 15) is 0 Å². The van der Waals surface area contributed by atoms with Gasteiger partial charge in [0.15, 0.2) is 0 Å². The maximum absolute atomic E-state index is 5.43. The molecule has 1 aliphatic carbocycles. The maximum atomic E-state index is 5.43. The highest BCUT2D eigenvalue weighted by atomic mass is 16.5. The minimum atomic E-state index is 0.408. The summed E-state index contributed by atoms with van der Waals surface area (Å²) >= 11 is 0. The zero-order chi connectivity index (χ0) is 13.7. The van der Waals surface area contributed by atoms with Gasteiger partial charge < -0.3 is 15.0 Å². The highest BCUT2D eigenvalue weighted by Crippen LogP contribution is 2.30. The Bertz CT molecular complexity index is 384. The molecule has 1 heterocycles. The highest BCUT2D eigenvalue weighted by Gasteiger charge is 2.31. The predicted molar refractivity (Wildman–Crippen MR) is 75.8 cm³/mol. The molecule has 0 atom stereocenters. The first-order chi connectivity index (χ1) is 9.28. The second-order valence-electron chi connectivity index (χ2n) is 4.63. The van der Waals surface area contributed by atoms with Gasteiger partial charge >= 0.3 is 6.01 Å². The van der Waals surface area contributed by atoms with Gasteiger partial charge in [-0.3, -0.25) is 0 Å². The van der Waals surface area contributed by atoms with E-state index in [4.69, 9.17) is 4.74 Å². The Labute approximate surface area is 114 Å². The Morgan fingerprint density at radius 2 is 2.00 bits per heavy atom. The average molecular weight is 265 g/mol. The summed E-state index contributed by atoms with van der Waals surface area (Å²) in [5.41, 5.74) is 0. The van der Waals surface area contributed by atoms with Crippen LogP contribution in [0.3, 0.4) is 0 Å². The first-order valence-electron chi connectivity index (χ1n) is 7.17. The highest BCUT2D eigenvalue weighted by molar-refractivity contribution is 5.40. The van der Waals surface area contributed by atoms with E-state index >= 15 is 0 Å². The van der Waals surface area contributed by atoms with Gasteiger partial charge in [0.25, 0.3) is 0 Å². The molecule has 0 unspecified atom stereocenters. The molecule has 6 nitrogen and oxygen atoms in total. The Hall–Kier alpha value is -1.59. The Morgan fingerprint density at radius 3 is 2.58 bits per heavy atom. The minimum absolute atomic E-state index is 0.408. The van der Waals surface area contributed by atoms with Crippen LogP contribution in [0.2, 0.25) is 0 Å². The fraction of sp³-hybridized carbons (Fsp3) is 0.769. The first-order valence-corrected chi connectivity index (χ1v) is 7.17. The van der Waals surface area contributed by atoms with Crippen LogP contribution >= 0.6 is 0 Å². The zero-order valence-electron chi connectivity index (χ0n) is 12.0. The minimum Gasteiger partial charge on any atom is -0.464 e. The first kappa shape index (κ1) is 13.8. The van der Waals surface area contributed by atoms with Gasteiger partial charge in [-0.2, -0.15) is 15.0 Å². The predicted octanol–water partition coefficient (Wildman–Crippen LogP) is 2.08. The molecule has 1 N–H and O–H groups in total. The standard InChI is InChI=1S/C13H23N5O/c1-4-9-18(10-7-8-10)12-15-11(14-5-2)16-13(17-12)19-6-3/h10H,4-9H2,1-3H3,(H,14,15,16,17). The van der Waals surface area contributed by atoms with Crippen LogP contribution in [0.5, 0.6) is 6.01 Å². The fourth-order valence-corrected chi connectivity index (χ4v) is 1.98. The average Bonchev–Trinajstić information content (AvgIpc) is 3.21. The molecule has 1 saturated carbocycles. The van der Waals surface area contributed by atoms with E-state index in [0.717, 1.165) is 25.5 Å². The van der Waals surface area contributed by atoms with Crippen LogP contribution in [0, 0.1) is 0 Å². The molecule has 6 heteroatoms. The number of nitrogens with zero attached hydrogens (tertiary/aromatic N) is 4. The smallest absolute Gasteiger partial charge is 0.323 e. The van der Waals surface area contributed by atoms with Crippen molar-refractivity contribution in [3.8, 4) is 6.01 Å². The second-order valence-corrected chi connectivity index (χ2v) is 4.63. The fourth-order valence-electron chi connectivity index (χ4n) is 1.98. The summed E-state index contributed by atoms with van der Waals surface area (Å²) in [5, 5.41) is 3.13. The summed E-state index contributed by atoms with van der Waals surface area (Å²) in [7, 11) is 0. The van der Waals surface area contributed by atoms with Crippen LogP contribution < -0.4 is 15.0 Å². The van der Waals surface area contributed by atoms with E-state index in [2.05, 4.69) is 32.1 Å². The molecule has 0 amide bonds. The van der Waals surface area contributed by atoms with Gasteiger partial charge in [0.2, 0.25) is 11.9 Å². The van der Waals surface area contributed by atoms with Crippen molar-refractivity contribution >= 4 is 11.9 Å². The lowest BCUT2D eigenvalue weighted by Gasteiger charge is -2.22. The Balaban J connectivity index is 2.24. The third kappa shape index (κ3) is 3.68. The molecule has 0 aliphatic heterocycles. The lowest BCUT2D eigenvalue weighted by atomic mass is 10.4. The molecule has 1 fully saturated rings. The van der Waals surface area contributed by atoms with Gasteiger partial charge in [-0.1, -0.05) is 6.92 Å². The molecule has 1 aromatic heterocycles. The molecule has 106 valence electrons. The molecule has 0 bridgehead atoms. The van der Waals surface area contributed by atoms with Gasteiger partial charge in [-0.15, -0.1) is 0 Å². The van der Waals surface area contributed by atoms with Crippen LogP contribution in [-0.2, 0) is 0 Å². The quantitative estimate of drug-likeness (QED) is 0.776. The molecule has 0 aromatic carbocycles. The van der Waals surface area contributed by atoms with E-state index in [1.165, 1.54) is 12.8 Å². The topological polar surface area (TPSA) is 63.2 Å². The number of ether oxygens (including phenoxy) is 1. The zero-order valence-corrected chi connectivity index (χ0v) is 12.0. The van der Waals surface area contributed by atoms with Crippen molar-refractivity contribution in [2.45, 2.75) is 46.1 Å². The molecule has 1 aromatic rings. The van der Waals surface area contributed by atoms with Gasteiger partial charge in [0.05, 0.1) is 6.61 Å². The molecular formula is C13H23N5O. The van der Waals surface area contributed by atoms with Crippen molar-refractivity contribution in [2.24, 2.45) is 0 Å². The third-order valence-corrected chi connectivity index (χ3v) is 2.92. The van der Waals surface area contributed by atoms with Gasteiger partial charge in [-0.25, -0.2) is 0 Å². The Morgan fingerprint density at radius 1 is 1.21 bits per heavy atom. The van der Waals surface area contributed by atoms with Crippen LogP contribution in [0.15, 0.2) is 0 Å². The van der Waals surface area contributed by atoms with Crippen LogP contribution in [-0.4, -0.2) is 40.7 Å². The summed E-state index contributed by atoms with van der Waals surface area (Å²) < 4.78 is 5.43. The number of hydrogen-bond acceptors (Lipinski definition) is 6. The lowest BCUT2D eigenvalue weighted by molar-refractivity contribution is 0.312. The molecule has 0 radical (unpaired) electrons. The largest absolute Gasteiger partial charge is 0.464 e. The number of anilines is 2. The van der Waals surface area contributed by atoms with E-state index in [1.807, 2.05) is 13.8 Å². The monoisotopic (exact) mass is 265 g/mol. The van der Waals surface area contributed by atoms with Crippen LogP contribution in [0.4, 0.5) is 11.9 Å². The summed E-state index contributed by atoms with van der Waals surface area (Å²) in [6.07, 6.45) is 3.54. The Kier molecular flexibility index (Phi) is 4.76. The van der Waals surface area contributed by atoms with E-state index in [0.29, 0.717) is 24.6 Å². The van der Waals surface area contributed by atoms with Gasteiger partial charge in [-0.05, 0) is 33.1 Å². The maximum Gasteiger partial charge on any atom is 0.323 e. The van der Waals surface area contributed by atoms with Crippen LogP contribution in [0.25, 0.3) is 0 Å². The molecule has 0 saturated heterocycles. The number of nitrogens with one attached hydrogen (secondary N) is 1. The molecular weight excluding hydrogens is 242 g/mol. The summed E-state index contributed by atoms with van der Waals surface area (Å²) in [5.74, 6) is 1.33. The van der Waals surface area contributed by atoms with E-state index < -0.39 is 0 Å². The van der Waals surface area contributed by atoms with E-state index in [1.54, 1.807) is 0 Å². The van der Waals surface area contributed by atoms with Gasteiger partial charge in [0.1, 0.15) is 0 Å². The van der Waals surface area contributed by atoms with Crippen molar-refractivity contribution in [1.29, 1.82) is 0 Å². The SMILES string of the molecule is CCCN(c1nc(NCC)nc(OCC)n1)C1CC1. The lowest BCUT2D eigenvalue weighted by Crippen LogP contribution is -2.29. The van der Waals surface area contributed by atoms with Crippen LogP contribution in [0.1, 0.15) is 40.0 Å². The molecule has 0 spiro atoms. The third-order valence-electron chi connectivity index (χ3n) is 2.92. The molecule has 19 heavy (non-hydrogen) atoms. The normalized spacial score (nSPS) is 14.3. The summed E-state index contributed by atoms with van der Waals surface area (Å²) in [6.45, 7) is 8.45. The van der Waals surface area contributed by atoms with E-state index in [-0.39, 0.29) is 0 Å². The van der Waals surface area contributed by atoms with Crippen molar-refractivity contribution in [3.05, 3.63) is 0 Å². The van der Waals surface area contributed by atoms with Gasteiger partial charge in [0, 0.05) is 19.1 Å². The summed E-state index contributed by atoms with van der Waals surface area (Å²) in [6, 6.07) is 0.997. The molecule has 2 rings (SSSR count). The summed E-state index contributed by atoms with van der Waals surface area (Å²) in [4.78, 5) is 15.4. The molecule has 1 aliphatic rings.